The average Bonchev–Trinajstić information content (AvgIpc) is 3.46. The van der Waals surface area contributed by atoms with Crippen LogP contribution in [0.2, 0.25) is 0 Å². The zero-order chi connectivity index (χ0) is 28.5. The molecule has 0 bridgehead atoms. The number of nitriles is 1. The number of azo groups is 1. The molecule has 200 valence electrons. The van der Waals surface area contributed by atoms with Gasteiger partial charge in [-0.1, -0.05) is 24.3 Å². The van der Waals surface area contributed by atoms with E-state index >= 15 is 0 Å². The highest BCUT2D eigenvalue weighted by Gasteiger charge is 2.31. The standard InChI is InChI=1S/C27H18N10O4/c28-12-21-24(37(40)20-7-2-1-6-19(20)36(21)39)18-11-17(8-9-22(18)38)35-34-16-5-3-4-15(10-16)13-41-26-23-25(31-14-30-23)32-27(29)33-26/h1-11,14,38H,13H2,(H3,29,30,31,32,33)/b35-34+. The summed E-state index contributed by atoms with van der Waals surface area (Å²) in [6.45, 7) is 0.142. The van der Waals surface area contributed by atoms with Gasteiger partial charge in [0.1, 0.15) is 12.4 Å². The third kappa shape index (κ3) is 4.59. The summed E-state index contributed by atoms with van der Waals surface area (Å²) in [5.41, 5.74) is 7.44. The van der Waals surface area contributed by atoms with Gasteiger partial charge >= 0.3 is 11.4 Å². The van der Waals surface area contributed by atoms with Gasteiger partial charge in [-0.25, -0.2) is 4.98 Å². The van der Waals surface area contributed by atoms with E-state index in [0.29, 0.717) is 26.3 Å². The van der Waals surface area contributed by atoms with Gasteiger partial charge in [-0.15, -0.1) is 4.73 Å². The first-order chi connectivity index (χ1) is 19.9. The van der Waals surface area contributed by atoms with Gasteiger partial charge in [0, 0.05) is 12.1 Å². The number of hydrogen-bond acceptors (Lipinski definition) is 11. The van der Waals surface area contributed by atoms with E-state index < -0.39 is 5.69 Å². The van der Waals surface area contributed by atoms with Gasteiger partial charge in [-0.05, 0) is 35.9 Å². The number of aromatic amines is 1. The molecule has 4 N–H and O–H groups in total. The minimum atomic E-state index is -0.464. The Morgan fingerprint density at radius 1 is 0.976 bits per heavy atom. The normalized spacial score (nSPS) is 11.3. The molecule has 0 aliphatic heterocycles. The molecule has 14 heteroatoms. The fourth-order valence-electron chi connectivity index (χ4n) is 4.25. The molecule has 41 heavy (non-hydrogen) atoms. The summed E-state index contributed by atoms with van der Waals surface area (Å²) in [5, 5.41) is 54.8. The average molecular weight is 547 g/mol. The molecule has 0 spiro atoms. The van der Waals surface area contributed by atoms with Crippen molar-refractivity contribution in [1.29, 1.82) is 5.26 Å². The number of hydrogen-bond donors (Lipinski definition) is 3. The van der Waals surface area contributed by atoms with E-state index in [4.69, 9.17) is 10.5 Å². The molecular weight excluding hydrogens is 528 g/mol. The van der Waals surface area contributed by atoms with Crippen molar-refractivity contribution in [2.75, 3.05) is 5.73 Å². The molecule has 3 aromatic heterocycles. The number of benzene rings is 3. The lowest BCUT2D eigenvalue weighted by Crippen LogP contribution is -2.43. The highest BCUT2D eigenvalue weighted by Crippen LogP contribution is 2.33. The fraction of sp³-hybridized carbons (Fsp3) is 0.0370. The third-order valence-corrected chi connectivity index (χ3v) is 6.12. The van der Waals surface area contributed by atoms with Gasteiger partial charge in [0.25, 0.3) is 11.0 Å². The van der Waals surface area contributed by atoms with Gasteiger partial charge < -0.3 is 31.0 Å². The molecule has 0 amide bonds. The highest BCUT2D eigenvalue weighted by molar-refractivity contribution is 5.77. The number of anilines is 1. The van der Waals surface area contributed by atoms with Crippen LogP contribution < -0.4 is 19.9 Å². The van der Waals surface area contributed by atoms with Crippen LogP contribution in [0.15, 0.2) is 83.3 Å². The number of phenols is 1. The topological polar surface area (TPSA) is 212 Å². The zero-order valence-electron chi connectivity index (χ0n) is 21.0. The molecule has 0 radical (unpaired) electrons. The summed E-state index contributed by atoms with van der Waals surface area (Å²) < 4.78 is 6.63. The third-order valence-electron chi connectivity index (χ3n) is 6.12. The summed E-state index contributed by atoms with van der Waals surface area (Å²) in [7, 11) is 0. The Morgan fingerprint density at radius 3 is 2.51 bits per heavy atom. The van der Waals surface area contributed by atoms with Crippen LogP contribution in [0.5, 0.6) is 11.6 Å². The largest absolute Gasteiger partial charge is 0.617 e. The number of aromatic hydroxyl groups is 1. The number of fused-ring (bicyclic) bond motifs is 2. The number of phenolic OH excluding ortho intramolecular Hbond substituents is 1. The monoisotopic (exact) mass is 546 g/mol. The first kappa shape index (κ1) is 24.9. The number of rotatable bonds is 6. The van der Waals surface area contributed by atoms with Crippen molar-refractivity contribution >= 4 is 39.5 Å². The summed E-state index contributed by atoms with van der Waals surface area (Å²) >= 11 is 0. The van der Waals surface area contributed by atoms with Crippen LogP contribution in [0.4, 0.5) is 17.3 Å². The predicted molar refractivity (Wildman–Crippen MR) is 145 cm³/mol. The minimum Gasteiger partial charge on any atom is -0.617 e. The second-order valence-corrected chi connectivity index (χ2v) is 8.73. The Hall–Kier alpha value is -6.36. The quantitative estimate of drug-likeness (QED) is 0.158. The number of nitrogens with zero attached hydrogens (tertiary/aromatic N) is 8. The lowest BCUT2D eigenvalue weighted by atomic mass is 10.1. The molecule has 14 nitrogen and oxygen atoms in total. The van der Waals surface area contributed by atoms with Crippen LogP contribution in [0.1, 0.15) is 11.3 Å². The first-order valence-electron chi connectivity index (χ1n) is 12.0. The van der Waals surface area contributed by atoms with E-state index in [-0.39, 0.29) is 52.2 Å². The van der Waals surface area contributed by atoms with Gasteiger partial charge in [-0.3, -0.25) is 0 Å². The van der Waals surface area contributed by atoms with Gasteiger partial charge in [0.15, 0.2) is 17.2 Å². The summed E-state index contributed by atoms with van der Waals surface area (Å²) in [5.74, 6) is -0.0283. The molecule has 0 saturated carbocycles. The van der Waals surface area contributed by atoms with Gasteiger partial charge in [0.2, 0.25) is 11.8 Å². The van der Waals surface area contributed by atoms with E-state index in [0.717, 1.165) is 5.56 Å². The van der Waals surface area contributed by atoms with E-state index in [1.165, 1.54) is 36.7 Å². The molecule has 0 unspecified atom stereocenters. The Labute approximate surface area is 230 Å². The van der Waals surface area contributed by atoms with Crippen LogP contribution in [-0.2, 0) is 6.61 Å². The number of nitrogens with two attached hydrogens (primary N) is 1. The number of aromatic nitrogens is 6. The SMILES string of the molecule is N#Cc1c(-c2cc(/N=N/c3cccc(COc4nc(N)nc5[nH]cnc45)c3)ccc2O)[n+]([O-])c2ccccc2[n+]1[O-]. The molecule has 0 fully saturated rings. The zero-order valence-corrected chi connectivity index (χ0v) is 21.0. The maximum absolute atomic E-state index is 13.2. The summed E-state index contributed by atoms with van der Waals surface area (Å²) in [4.78, 5) is 15.2. The van der Waals surface area contributed by atoms with Crippen LogP contribution >= 0.6 is 0 Å². The van der Waals surface area contributed by atoms with E-state index in [2.05, 4.69) is 30.2 Å². The lowest BCUT2D eigenvalue weighted by Gasteiger charge is -2.11. The van der Waals surface area contributed by atoms with Crippen molar-refractivity contribution in [2.24, 2.45) is 10.2 Å². The summed E-state index contributed by atoms with van der Waals surface area (Å²) in [6, 6.07) is 19.1. The van der Waals surface area contributed by atoms with Crippen molar-refractivity contribution in [1.82, 2.24) is 19.9 Å². The molecule has 0 saturated heterocycles. The van der Waals surface area contributed by atoms with Crippen molar-refractivity contribution in [3.8, 4) is 29.0 Å². The van der Waals surface area contributed by atoms with Crippen LogP contribution in [-0.4, -0.2) is 25.0 Å². The minimum absolute atomic E-state index is 0.0268. The van der Waals surface area contributed by atoms with E-state index in [1.807, 2.05) is 6.07 Å². The highest BCUT2D eigenvalue weighted by atomic mass is 16.5. The Balaban J connectivity index is 1.29. The second kappa shape index (κ2) is 10.1. The van der Waals surface area contributed by atoms with Gasteiger partial charge in [0.05, 0.1) is 23.3 Å². The molecule has 0 atom stereocenters. The smallest absolute Gasteiger partial charge is 0.369 e. The van der Waals surface area contributed by atoms with Crippen molar-refractivity contribution < 1.29 is 19.3 Å². The number of ether oxygens (including phenoxy) is 1. The van der Waals surface area contributed by atoms with E-state index in [1.54, 1.807) is 36.4 Å². The number of H-pyrrole nitrogens is 1. The maximum atomic E-state index is 13.2. The van der Waals surface area contributed by atoms with Crippen molar-refractivity contribution in [3.05, 3.63) is 94.7 Å². The van der Waals surface area contributed by atoms with Gasteiger partial charge in [-0.2, -0.15) is 30.2 Å². The maximum Gasteiger partial charge on any atom is 0.369 e. The van der Waals surface area contributed by atoms with Crippen LogP contribution in [0, 0.1) is 21.7 Å². The number of para-hydroxylation sites is 2. The molecule has 6 aromatic rings. The van der Waals surface area contributed by atoms with Crippen molar-refractivity contribution in [3.63, 3.8) is 0 Å². The fourth-order valence-corrected chi connectivity index (χ4v) is 4.25. The van der Waals surface area contributed by atoms with Crippen LogP contribution in [0.25, 0.3) is 33.5 Å². The molecule has 3 aromatic carbocycles. The molecule has 6 rings (SSSR count). The van der Waals surface area contributed by atoms with Crippen molar-refractivity contribution in [2.45, 2.75) is 6.61 Å². The Morgan fingerprint density at radius 2 is 1.73 bits per heavy atom. The molecule has 3 heterocycles. The molecular formula is C27H18N10O4. The number of imidazole rings is 1. The van der Waals surface area contributed by atoms with Crippen LogP contribution in [0.3, 0.4) is 0 Å². The Kier molecular flexibility index (Phi) is 6.13. The summed E-state index contributed by atoms with van der Waals surface area (Å²) in [6.07, 6.45) is 1.47. The number of nitrogens with one attached hydrogen (secondary N) is 1. The predicted octanol–water partition coefficient (Wildman–Crippen LogP) is 3.59. The van der Waals surface area contributed by atoms with E-state index in [9.17, 15) is 20.8 Å². The first-order valence-corrected chi connectivity index (χ1v) is 12.0. The molecule has 0 aliphatic carbocycles. The lowest BCUT2D eigenvalue weighted by molar-refractivity contribution is -0.622. The number of nitrogen functional groups attached to an aromatic ring is 1. The Bertz CT molecular complexity index is 2030. The second-order valence-electron chi connectivity index (χ2n) is 8.73. The molecule has 0 aliphatic rings.